The van der Waals surface area contributed by atoms with Crippen molar-refractivity contribution in [2.45, 2.75) is 12.8 Å². The van der Waals surface area contributed by atoms with Gasteiger partial charge in [-0.1, -0.05) is 53.5 Å². The first-order valence-corrected chi connectivity index (χ1v) is 10.2. The zero-order valence-electron chi connectivity index (χ0n) is 17.3. The third-order valence-corrected chi connectivity index (χ3v) is 5.30. The van der Waals surface area contributed by atoms with E-state index in [9.17, 15) is 4.79 Å². The number of nitrogens with zero attached hydrogens (tertiary/aromatic N) is 1. The number of carbonyl (C=O) groups is 1. The van der Waals surface area contributed by atoms with E-state index in [1.807, 2.05) is 30.3 Å². The highest BCUT2D eigenvalue weighted by Gasteiger charge is 2.21. The number of carbonyl (C=O) groups excluding carboxylic acids is 1. The van der Waals surface area contributed by atoms with Gasteiger partial charge in [0.25, 0.3) is 0 Å². The maximum atomic E-state index is 13.0. The number of halogens is 2. The van der Waals surface area contributed by atoms with Crippen LogP contribution in [0.3, 0.4) is 0 Å². The Labute approximate surface area is 191 Å². The summed E-state index contributed by atoms with van der Waals surface area (Å²) in [5.41, 5.74) is 1.93. The Morgan fingerprint density at radius 1 is 0.968 bits per heavy atom. The molecular weight excluding hydrogens is 437 g/mol. The zero-order valence-corrected chi connectivity index (χ0v) is 18.8. The molecule has 0 saturated carbocycles. The lowest BCUT2D eigenvalue weighted by molar-refractivity contribution is -0.137. The molecule has 0 amide bonds. The smallest absolute Gasteiger partial charge is 0.318 e. The monoisotopic (exact) mass is 457 g/mol. The number of benzene rings is 2. The van der Waals surface area contributed by atoms with Crippen LogP contribution in [0.4, 0.5) is 0 Å². The standard InChI is InChI=1S/C24H21Cl2NO4/c1-15(16-7-5-4-6-8-16)24(28)31-22(12-18-19(25)13-27-14-20(18)26)17-9-10-21(29-2)23(11-17)30-3/h4-15H,1-3H3/t15-/m1/s1. The lowest BCUT2D eigenvalue weighted by Gasteiger charge is -2.16. The van der Waals surface area contributed by atoms with Crippen LogP contribution in [0, 0.1) is 0 Å². The van der Waals surface area contributed by atoms with E-state index in [-0.39, 0.29) is 5.76 Å². The van der Waals surface area contributed by atoms with Crippen molar-refractivity contribution in [3.63, 3.8) is 0 Å². The molecule has 0 unspecified atom stereocenters. The van der Waals surface area contributed by atoms with Crippen molar-refractivity contribution in [2.75, 3.05) is 14.2 Å². The van der Waals surface area contributed by atoms with E-state index in [1.165, 1.54) is 19.5 Å². The molecule has 0 bridgehead atoms. The molecule has 0 fully saturated rings. The van der Waals surface area contributed by atoms with Crippen molar-refractivity contribution in [1.29, 1.82) is 0 Å². The van der Waals surface area contributed by atoms with Gasteiger partial charge in [0.2, 0.25) is 0 Å². The molecule has 0 aliphatic heterocycles. The maximum absolute atomic E-state index is 13.0. The minimum absolute atomic E-state index is 0.267. The molecule has 2 aromatic carbocycles. The topological polar surface area (TPSA) is 57.7 Å². The number of ether oxygens (including phenoxy) is 3. The second-order valence-corrected chi connectivity index (χ2v) is 7.46. The van der Waals surface area contributed by atoms with Crippen molar-refractivity contribution in [1.82, 2.24) is 4.98 Å². The summed E-state index contributed by atoms with van der Waals surface area (Å²) in [6.07, 6.45) is 4.56. The van der Waals surface area contributed by atoms with Crippen LogP contribution < -0.4 is 9.47 Å². The van der Waals surface area contributed by atoms with Gasteiger partial charge in [-0.05, 0) is 36.8 Å². The molecule has 0 aliphatic carbocycles. The summed E-state index contributed by atoms with van der Waals surface area (Å²) >= 11 is 12.6. The summed E-state index contributed by atoms with van der Waals surface area (Å²) in [7, 11) is 3.08. The van der Waals surface area contributed by atoms with Crippen LogP contribution in [0.2, 0.25) is 10.0 Å². The first kappa shape index (κ1) is 22.7. The van der Waals surface area contributed by atoms with Crippen LogP contribution in [-0.2, 0) is 9.53 Å². The van der Waals surface area contributed by atoms with E-state index in [4.69, 9.17) is 37.4 Å². The summed E-state index contributed by atoms with van der Waals surface area (Å²) in [4.78, 5) is 16.9. The van der Waals surface area contributed by atoms with E-state index in [2.05, 4.69) is 4.98 Å². The highest BCUT2D eigenvalue weighted by atomic mass is 35.5. The molecule has 3 aromatic rings. The Hall–Kier alpha value is -3.02. The summed E-state index contributed by atoms with van der Waals surface area (Å²) in [6, 6.07) is 14.6. The van der Waals surface area contributed by atoms with E-state index in [1.54, 1.807) is 38.3 Å². The molecule has 5 nitrogen and oxygen atoms in total. The number of hydrogen-bond acceptors (Lipinski definition) is 5. The van der Waals surface area contributed by atoms with Crippen molar-refractivity contribution in [3.8, 4) is 11.5 Å². The molecule has 0 saturated heterocycles. The third kappa shape index (κ3) is 5.37. The molecule has 0 spiro atoms. The van der Waals surface area contributed by atoms with Gasteiger partial charge in [-0.2, -0.15) is 0 Å². The van der Waals surface area contributed by atoms with Crippen molar-refractivity contribution in [3.05, 3.63) is 87.7 Å². The second kappa shape index (κ2) is 10.3. The Morgan fingerprint density at radius 2 is 1.61 bits per heavy atom. The molecule has 0 N–H and O–H groups in total. The molecule has 160 valence electrons. The first-order chi connectivity index (χ1) is 14.9. The van der Waals surface area contributed by atoms with Crippen LogP contribution in [0.1, 0.15) is 29.5 Å². The molecular formula is C24H21Cl2NO4. The lowest BCUT2D eigenvalue weighted by atomic mass is 10.0. The number of rotatable bonds is 7. The Morgan fingerprint density at radius 3 is 2.23 bits per heavy atom. The van der Waals surface area contributed by atoms with Crippen LogP contribution in [-0.4, -0.2) is 25.2 Å². The third-order valence-electron chi connectivity index (χ3n) is 4.70. The van der Waals surface area contributed by atoms with Gasteiger partial charge in [0, 0.05) is 23.5 Å². The molecule has 1 atom stereocenters. The first-order valence-electron chi connectivity index (χ1n) is 9.44. The lowest BCUT2D eigenvalue weighted by Crippen LogP contribution is -2.13. The Balaban J connectivity index is 2.05. The molecule has 1 aromatic heterocycles. The number of esters is 1. The van der Waals surface area contributed by atoms with Gasteiger partial charge in [-0.15, -0.1) is 0 Å². The molecule has 3 rings (SSSR count). The average molecular weight is 458 g/mol. The van der Waals surface area contributed by atoms with Gasteiger partial charge < -0.3 is 14.2 Å². The van der Waals surface area contributed by atoms with Crippen LogP contribution in [0.5, 0.6) is 11.5 Å². The number of pyridine rings is 1. The van der Waals surface area contributed by atoms with Crippen molar-refractivity contribution < 1.29 is 19.0 Å². The Kier molecular flexibility index (Phi) is 7.55. The Bertz CT molecular complexity index is 1080. The summed E-state index contributed by atoms with van der Waals surface area (Å²) in [5.74, 6) is 0.407. The number of methoxy groups -OCH3 is 2. The van der Waals surface area contributed by atoms with E-state index < -0.39 is 11.9 Å². The molecule has 0 radical (unpaired) electrons. The highest BCUT2D eigenvalue weighted by Crippen LogP contribution is 2.34. The summed E-state index contributed by atoms with van der Waals surface area (Å²) in [6.45, 7) is 1.79. The van der Waals surface area contributed by atoms with Crippen LogP contribution >= 0.6 is 23.2 Å². The quantitative estimate of drug-likeness (QED) is 0.309. The predicted molar refractivity (Wildman–Crippen MR) is 123 cm³/mol. The van der Waals surface area contributed by atoms with E-state index in [0.29, 0.717) is 32.7 Å². The van der Waals surface area contributed by atoms with Gasteiger partial charge in [-0.25, -0.2) is 0 Å². The minimum Gasteiger partial charge on any atom is -0.493 e. The molecule has 0 aliphatic rings. The largest absolute Gasteiger partial charge is 0.493 e. The maximum Gasteiger partial charge on any atom is 0.318 e. The van der Waals surface area contributed by atoms with E-state index >= 15 is 0 Å². The predicted octanol–water partition coefficient (Wildman–Crippen LogP) is 6.25. The SMILES string of the molecule is COc1ccc(C(=Cc2c(Cl)cncc2Cl)OC(=O)[C@H](C)c2ccccc2)cc1OC. The fourth-order valence-corrected chi connectivity index (χ4v) is 3.40. The van der Waals surface area contributed by atoms with Crippen molar-refractivity contribution >= 4 is 41.0 Å². The van der Waals surface area contributed by atoms with Gasteiger partial charge in [0.05, 0.1) is 30.2 Å². The fraction of sp³-hybridized carbons (Fsp3) is 0.167. The van der Waals surface area contributed by atoms with Gasteiger partial charge >= 0.3 is 5.97 Å². The van der Waals surface area contributed by atoms with Crippen LogP contribution in [0.15, 0.2) is 60.9 Å². The molecule has 31 heavy (non-hydrogen) atoms. The second-order valence-electron chi connectivity index (χ2n) is 6.65. The van der Waals surface area contributed by atoms with Gasteiger partial charge in [0.1, 0.15) is 5.76 Å². The average Bonchev–Trinajstić information content (AvgIpc) is 2.80. The normalized spacial score (nSPS) is 12.2. The molecule has 7 heteroatoms. The number of aromatic nitrogens is 1. The summed E-state index contributed by atoms with van der Waals surface area (Å²) in [5, 5.41) is 0.662. The highest BCUT2D eigenvalue weighted by molar-refractivity contribution is 6.37. The van der Waals surface area contributed by atoms with E-state index in [0.717, 1.165) is 5.56 Å². The molecule has 1 heterocycles. The van der Waals surface area contributed by atoms with Crippen molar-refractivity contribution in [2.24, 2.45) is 0 Å². The van der Waals surface area contributed by atoms with Gasteiger partial charge in [-0.3, -0.25) is 9.78 Å². The number of hydrogen-bond donors (Lipinski definition) is 0. The zero-order chi connectivity index (χ0) is 22.4. The minimum atomic E-state index is -0.479. The van der Waals surface area contributed by atoms with Gasteiger partial charge in [0.15, 0.2) is 11.5 Å². The fourth-order valence-electron chi connectivity index (χ4n) is 2.93. The summed E-state index contributed by atoms with van der Waals surface area (Å²) < 4.78 is 16.5. The van der Waals surface area contributed by atoms with Crippen LogP contribution in [0.25, 0.3) is 11.8 Å².